The highest BCUT2D eigenvalue weighted by molar-refractivity contribution is 7.16. The van der Waals surface area contributed by atoms with Crippen molar-refractivity contribution in [1.82, 2.24) is 15.2 Å². The van der Waals surface area contributed by atoms with Crippen molar-refractivity contribution in [1.29, 1.82) is 0 Å². The first-order valence-electron chi connectivity index (χ1n) is 7.77. The van der Waals surface area contributed by atoms with Gasteiger partial charge in [0.15, 0.2) is 0 Å². The zero-order valence-electron chi connectivity index (χ0n) is 13.4. The van der Waals surface area contributed by atoms with Crippen molar-refractivity contribution >= 4 is 17.2 Å². The van der Waals surface area contributed by atoms with Gasteiger partial charge in [-0.3, -0.25) is 4.79 Å². The summed E-state index contributed by atoms with van der Waals surface area (Å²) < 4.78 is 5.16. The van der Waals surface area contributed by atoms with Gasteiger partial charge in [-0.25, -0.2) is 4.98 Å². The molecule has 1 amide bonds. The van der Waals surface area contributed by atoms with Gasteiger partial charge in [0.1, 0.15) is 15.6 Å². The van der Waals surface area contributed by atoms with Crippen molar-refractivity contribution < 1.29 is 9.53 Å². The molecule has 0 aliphatic carbocycles. The van der Waals surface area contributed by atoms with Gasteiger partial charge in [0.2, 0.25) is 0 Å². The molecule has 1 fully saturated rings. The van der Waals surface area contributed by atoms with Crippen LogP contribution in [0.2, 0.25) is 0 Å². The van der Waals surface area contributed by atoms with E-state index in [9.17, 15) is 4.79 Å². The number of benzene rings is 1. The number of aromatic nitrogens is 1. The molecule has 1 saturated heterocycles. The van der Waals surface area contributed by atoms with Crippen LogP contribution in [0.1, 0.15) is 22.5 Å². The fourth-order valence-corrected chi connectivity index (χ4v) is 3.68. The number of hydrogen-bond acceptors (Lipinski definition) is 5. The molecule has 0 atom stereocenters. The number of hydrogen-bond donors (Lipinski definition) is 1. The van der Waals surface area contributed by atoms with Crippen LogP contribution in [0.4, 0.5) is 0 Å². The first-order valence-corrected chi connectivity index (χ1v) is 8.59. The zero-order chi connectivity index (χ0) is 16.2. The summed E-state index contributed by atoms with van der Waals surface area (Å²) in [5.41, 5.74) is 0.999. The molecule has 2 aromatic rings. The molecule has 23 heavy (non-hydrogen) atoms. The van der Waals surface area contributed by atoms with Gasteiger partial charge in [0, 0.05) is 18.7 Å². The molecule has 5 nitrogen and oxygen atoms in total. The van der Waals surface area contributed by atoms with Crippen LogP contribution >= 0.6 is 11.3 Å². The van der Waals surface area contributed by atoms with Gasteiger partial charge in [-0.05, 0) is 50.2 Å². The number of nitrogens with zero attached hydrogens (tertiary/aromatic N) is 2. The summed E-state index contributed by atoms with van der Waals surface area (Å²) in [5, 5.41) is 4.18. The predicted molar refractivity (Wildman–Crippen MR) is 92.1 cm³/mol. The lowest BCUT2D eigenvalue weighted by Gasteiger charge is -2.31. The summed E-state index contributed by atoms with van der Waals surface area (Å²) in [7, 11) is 3.54. The minimum atomic E-state index is 0.0640. The van der Waals surface area contributed by atoms with Crippen LogP contribution in [0.25, 0.3) is 10.6 Å². The maximum atomic E-state index is 12.6. The summed E-state index contributed by atoms with van der Waals surface area (Å²) in [6.45, 7) is 1.95. The molecule has 0 unspecified atom stereocenters. The molecule has 122 valence electrons. The Hall–Kier alpha value is -1.92. The SMILES string of the molecule is COc1ccc(-c2ncc(C(=O)N(C)C3CCNCC3)s2)cc1. The van der Waals surface area contributed by atoms with E-state index in [2.05, 4.69) is 10.3 Å². The topological polar surface area (TPSA) is 54.5 Å². The minimum Gasteiger partial charge on any atom is -0.497 e. The first kappa shape index (κ1) is 16.0. The van der Waals surface area contributed by atoms with Crippen molar-refractivity contribution in [3.05, 3.63) is 35.3 Å². The molecule has 0 saturated carbocycles. The standard InChI is InChI=1S/C17H21N3O2S/c1-20(13-7-9-18-10-8-13)17(21)15-11-19-16(23-15)12-3-5-14(22-2)6-4-12/h3-6,11,13,18H,7-10H2,1-2H3. The van der Waals surface area contributed by atoms with Gasteiger partial charge in [0.25, 0.3) is 5.91 Å². The van der Waals surface area contributed by atoms with E-state index < -0.39 is 0 Å². The van der Waals surface area contributed by atoms with E-state index in [4.69, 9.17) is 4.74 Å². The van der Waals surface area contributed by atoms with Crippen LogP contribution in [0.15, 0.2) is 30.5 Å². The number of nitrogens with one attached hydrogen (secondary N) is 1. The number of methoxy groups -OCH3 is 1. The van der Waals surface area contributed by atoms with Crippen LogP contribution in [0, 0.1) is 0 Å². The Bertz CT molecular complexity index is 663. The van der Waals surface area contributed by atoms with E-state index in [0.717, 1.165) is 42.3 Å². The summed E-state index contributed by atoms with van der Waals surface area (Å²) in [5.74, 6) is 0.876. The van der Waals surface area contributed by atoms with Crippen molar-refractivity contribution in [2.75, 3.05) is 27.2 Å². The molecule has 1 aromatic heterocycles. The van der Waals surface area contributed by atoms with Crippen LogP contribution < -0.4 is 10.1 Å². The molecule has 1 aromatic carbocycles. The van der Waals surface area contributed by atoms with Gasteiger partial charge in [-0.1, -0.05) is 0 Å². The van der Waals surface area contributed by atoms with Crippen molar-refractivity contribution in [3.8, 4) is 16.3 Å². The smallest absolute Gasteiger partial charge is 0.265 e. The second-order valence-electron chi connectivity index (χ2n) is 5.66. The maximum absolute atomic E-state index is 12.6. The second-order valence-corrected chi connectivity index (χ2v) is 6.69. The average molecular weight is 331 g/mol. The van der Waals surface area contributed by atoms with E-state index in [1.165, 1.54) is 11.3 Å². The van der Waals surface area contributed by atoms with E-state index in [-0.39, 0.29) is 5.91 Å². The van der Waals surface area contributed by atoms with Gasteiger partial charge < -0.3 is 15.0 Å². The van der Waals surface area contributed by atoms with Crippen LogP contribution in [-0.2, 0) is 0 Å². The monoisotopic (exact) mass is 331 g/mol. The summed E-state index contributed by atoms with van der Waals surface area (Å²) >= 11 is 1.44. The average Bonchev–Trinajstić information content (AvgIpc) is 3.11. The quantitative estimate of drug-likeness (QED) is 0.936. The number of thiazole rings is 1. The molecule has 6 heteroatoms. The molecule has 3 rings (SSSR count). The lowest BCUT2D eigenvalue weighted by Crippen LogP contribution is -2.43. The number of amides is 1. The summed E-state index contributed by atoms with van der Waals surface area (Å²) in [4.78, 5) is 19.6. The van der Waals surface area contributed by atoms with Crippen molar-refractivity contribution in [2.24, 2.45) is 0 Å². The van der Waals surface area contributed by atoms with E-state index >= 15 is 0 Å². The number of carbonyl (C=O) groups is 1. The van der Waals surface area contributed by atoms with Crippen LogP contribution in [-0.4, -0.2) is 49.1 Å². The number of ether oxygens (including phenoxy) is 1. The highest BCUT2D eigenvalue weighted by Gasteiger charge is 2.24. The Balaban J connectivity index is 1.73. The summed E-state index contributed by atoms with van der Waals surface area (Å²) in [6, 6.07) is 8.04. The summed E-state index contributed by atoms with van der Waals surface area (Å²) in [6.07, 6.45) is 3.70. The Morgan fingerprint density at radius 3 is 2.65 bits per heavy atom. The molecule has 2 heterocycles. The van der Waals surface area contributed by atoms with Crippen molar-refractivity contribution in [2.45, 2.75) is 18.9 Å². The van der Waals surface area contributed by atoms with Gasteiger partial charge in [0.05, 0.1) is 13.3 Å². The molecule has 0 bridgehead atoms. The lowest BCUT2D eigenvalue weighted by atomic mass is 10.1. The Labute approximate surface area is 140 Å². The normalized spacial score (nSPS) is 15.4. The second kappa shape index (κ2) is 7.10. The number of rotatable bonds is 4. The molecule has 1 N–H and O–H groups in total. The fourth-order valence-electron chi connectivity index (χ4n) is 2.77. The molecular formula is C17H21N3O2S. The van der Waals surface area contributed by atoms with Crippen LogP contribution in [0.5, 0.6) is 5.75 Å². The Morgan fingerprint density at radius 2 is 2.00 bits per heavy atom. The van der Waals surface area contributed by atoms with Gasteiger partial charge >= 0.3 is 0 Å². The third kappa shape index (κ3) is 3.54. The molecule has 1 aliphatic heterocycles. The van der Waals surface area contributed by atoms with Gasteiger partial charge in [-0.2, -0.15) is 0 Å². The highest BCUT2D eigenvalue weighted by Crippen LogP contribution is 2.28. The molecule has 1 aliphatic rings. The number of carbonyl (C=O) groups excluding carboxylic acids is 1. The predicted octanol–water partition coefficient (Wildman–Crippen LogP) is 2.64. The third-order valence-corrected chi connectivity index (χ3v) is 5.26. The van der Waals surface area contributed by atoms with E-state index in [1.54, 1.807) is 13.3 Å². The van der Waals surface area contributed by atoms with E-state index in [1.807, 2.05) is 36.2 Å². The minimum absolute atomic E-state index is 0.0640. The van der Waals surface area contributed by atoms with Crippen molar-refractivity contribution in [3.63, 3.8) is 0 Å². The Kier molecular flexibility index (Phi) is 4.93. The lowest BCUT2D eigenvalue weighted by molar-refractivity contribution is 0.0708. The third-order valence-electron chi connectivity index (χ3n) is 4.23. The first-order chi connectivity index (χ1) is 11.2. The maximum Gasteiger partial charge on any atom is 0.265 e. The zero-order valence-corrected chi connectivity index (χ0v) is 14.2. The van der Waals surface area contributed by atoms with E-state index in [0.29, 0.717) is 10.9 Å². The Morgan fingerprint density at radius 1 is 1.30 bits per heavy atom. The molecular weight excluding hydrogens is 310 g/mol. The van der Waals surface area contributed by atoms with Gasteiger partial charge in [-0.15, -0.1) is 11.3 Å². The molecule has 0 radical (unpaired) electrons. The highest BCUT2D eigenvalue weighted by atomic mass is 32.1. The largest absolute Gasteiger partial charge is 0.497 e. The van der Waals surface area contributed by atoms with Crippen LogP contribution in [0.3, 0.4) is 0 Å². The molecule has 0 spiro atoms. The number of piperidine rings is 1. The fraction of sp³-hybridized carbons (Fsp3) is 0.412.